The summed E-state index contributed by atoms with van der Waals surface area (Å²) in [5, 5.41) is 32.8. The molecule has 164 valence electrons. The van der Waals surface area contributed by atoms with Crippen molar-refractivity contribution >= 4 is 23.4 Å². The Kier molecular flexibility index (Phi) is 7.08. The van der Waals surface area contributed by atoms with E-state index >= 15 is 0 Å². The molecule has 0 aliphatic carbocycles. The van der Waals surface area contributed by atoms with Crippen LogP contribution >= 0.6 is 0 Å². The molecule has 1 saturated heterocycles. The molecule has 31 heavy (non-hydrogen) atoms. The van der Waals surface area contributed by atoms with Crippen molar-refractivity contribution in [1.29, 1.82) is 5.26 Å². The molecule has 1 heterocycles. The minimum Gasteiger partial charge on any atom is -0.465 e. The zero-order chi connectivity index (χ0) is 23.3. The second-order valence-corrected chi connectivity index (χ2v) is 8.26. The molecule has 2 amide bonds. The van der Waals surface area contributed by atoms with Gasteiger partial charge in [-0.25, -0.2) is 4.79 Å². The Hall–Kier alpha value is -3.79. The average Bonchev–Trinajstić information content (AvgIpc) is 3.13. The third kappa shape index (κ3) is 5.43. The van der Waals surface area contributed by atoms with Crippen molar-refractivity contribution in [2.45, 2.75) is 51.2 Å². The lowest BCUT2D eigenvalue weighted by Gasteiger charge is -2.38. The van der Waals surface area contributed by atoms with E-state index in [-0.39, 0.29) is 23.7 Å². The summed E-state index contributed by atoms with van der Waals surface area (Å²) >= 11 is 0. The van der Waals surface area contributed by atoms with Gasteiger partial charge in [-0.05, 0) is 33.3 Å². The van der Waals surface area contributed by atoms with E-state index in [0.717, 1.165) is 4.90 Å². The molecule has 2 rings (SSSR count). The second-order valence-electron chi connectivity index (χ2n) is 8.26. The van der Waals surface area contributed by atoms with E-state index in [1.165, 1.54) is 18.2 Å². The topological polar surface area (TPSA) is 140 Å². The lowest BCUT2D eigenvalue weighted by molar-refractivity contribution is -0.384. The van der Waals surface area contributed by atoms with Crippen molar-refractivity contribution in [2.75, 3.05) is 18.0 Å². The SMILES string of the molecule is C#CC[C@@H](C(=O)N[C@H]1CCN(c2ccc([N+](=O)[O-])cc2C#N)C1)N(C(=O)O)C(C)(C)C. The summed E-state index contributed by atoms with van der Waals surface area (Å²) in [4.78, 5) is 38.0. The van der Waals surface area contributed by atoms with Crippen LogP contribution in [-0.2, 0) is 4.79 Å². The first-order valence-corrected chi connectivity index (χ1v) is 9.69. The monoisotopic (exact) mass is 427 g/mol. The number of amides is 2. The standard InChI is InChI=1S/C21H25N5O5/c1-5-6-18(25(20(28)29)21(2,3)4)19(27)23-15-9-10-24(13-15)17-8-7-16(26(30)31)11-14(17)12-22/h1,7-8,11,15,18H,6,9-10,13H2,2-4H3,(H,23,27)(H,28,29)/t15-,18-/m0/s1. The number of carbonyl (C=O) groups is 2. The maximum absolute atomic E-state index is 12.9. The molecule has 1 aromatic rings. The van der Waals surface area contributed by atoms with Crippen LogP contribution in [0.4, 0.5) is 16.2 Å². The highest BCUT2D eigenvalue weighted by Gasteiger charge is 2.38. The Morgan fingerprint density at radius 1 is 1.48 bits per heavy atom. The van der Waals surface area contributed by atoms with Gasteiger partial charge >= 0.3 is 6.09 Å². The molecule has 2 atom stereocenters. The number of nitrogens with zero attached hydrogens (tertiary/aromatic N) is 4. The van der Waals surface area contributed by atoms with Crippen molar-refractivity contribution in [3.05, 3.63) is 33.9 Å². The molecule has 1 aliphatic rings. The van der Waals surface area contributed by atoms with Gasteiger partial charge in [0.05, 0.1) is 16.2 Å². The molecule has 1 aliphatic heterocycles. The number of nitro benzene ring substituents is 1. The van der Waals surface area contributed by atoms with Gasteiger partial charge < -0.3 is 15.3 Å². The molecule has 0 aromatic heterocycles. The lowest BCUT2D eigenvalue weighted by atomic mass is 10.0. The van der Waals surface area contributed by atoms with Crippen molar-refractivity contribution in [3.63, 3.8) is 0 Å². The van der Waals surface area contributed by atoms with Crippen molar-refractivity contribution in [2.24, 2.45) is 0 Å². The van der Waals surface area contributed by atoms with Gasteiger partial charge in [0.15, 0.2) is 0 Å². The average molecular weight is 427 g/mol. The van der Waals surface area contributed by atoms with Crippen molar-refractivity contribution in [1.82, 2.24) is 10.2 Å². The van der Waals surface area contributed by atoms with Crippen LogP contribution in [-0.4, -0.2) is 57.6 Å². The fourth-order valence-corrected chi connectivity index (χ4v) is 3.70. The lowest BCUT2D eigenvalue weighted by Crippen LogP contribution is -2.58. The number of nitro groups is 1. The Balaban J connectivity index is 2.16. The van der Waals surface area contributed by atoms with E-state index in [2.05, 4.69) is 11.2 Å². The molecular formula is C21H25N5O5. The fraction of sp³-hybridized carbons (Fsp3) is 0.476. The molecule has 2 N–H and O–H groups in total. The normalized spacial score (nSPS) is 16.7. The van der Waals surface area contributed by atoms with Crippen LogP contribution in [0.2, 0.25) is 0 Å². The molecule has 0 bridgehead atoms. The number of rotatable bonds is 6. The highest BCUT2D eigenvalue weighted by atomic mass is 16.6. The van der Waals surface area contributed by atoms with E-state index < -0.39 is 28.5 Å². The highest BCUT2D eigenvalue weighted by Crippen LogP contribution is 2.28. The van der Waals surface area contributed by atoms with Crippen LogP contribution in [0.3, 0.4) is 0 Å². The summed E-state index contributed by atoms with van der Waals surface area (Å²) < 4.78 is 0. The Labute approximate surface area is 180 Å². The largest absolute Gasteiger partial charge is 0.465 e. The molecule has 0 radical (unpaired) electrons. The smallest absolute Gasteiger partial charge is 0.408 e. The van der Waals surface area contributed by atoms with E-state index in [0.29, 0.717) is 25.2 Å². The molecule has 10 nitrogen and oxygen atoms in total. The maximum Gasteiger partial charge on any atom is 0.408 e. The van der Waals surface area contributed by atoms with Crippen molar-refractivity contribution in [3.8, 4) is 18.4 Å². The third-order valence-corrected chi connectivity index (χ3v) is 5.04. The van der Waals surface area contributed by atoms with Gasteiger partial charge in [0, 0.05) is 43.2 Å². The fourth-order valence-electron chi connectivity index (χ4n) is 3.70. The quantitative estimate of drug-likeness (QED) is 0.403. The highest BCUT2D eigenvalue weighted by molar-refractivity contribution is 5.86. The number of hydrogen-bond donors (Lipinski definition) is 2. The van der Waals surface area contributed by atoms with Crippen LogP contribution in [0.15, 0.2) is 18.2 Å². The van der Waals surface area contributed by atoms with Gasteiger partial charge in [0.2, 0.25) is 5.91 Å². The van der Waals surface area contributed by atoms with Gasteiger partial charge in [-0.3, -0.25) is 19.8 Å². The van der Waals surface area contributed by atoms with E-state index in [4.69, 9.17) is 6.42 Å². The third-order valence-electron chi connectivity index (χ3n) is 5.04. The predicted octanol–water partition coefficient (Wildman–Crippen LogP) is 2.33. The van der Waals surface area contributed by atoms with Gasteiger partial charge in [-0.2, -0.15) is 5.26 Å². The summed E-state index contributed by atoms with van der Waals surface area (Å²) in [7, 11) is 0. The first-order chi connectivity index (χ1) is 14.5. The zero-order valence-electron chi connectivity index (χ0n) is 17.7. The van der Waals surface area contributed by atoms with Crippen LogP contribution in [0.1, 0.15) is 39.2 Å². The number of hydrogen-bond acceptors (Lipinski definition) is 6. The number of nitriles is 1. The maximum atomic E-state index is 12.9. The molecule has 0 saturated carbocycles. The first kappa shape index (κ1) is 23.5. The van der Waals surface area contributed by atoms with Gasteiger partial charge in [0.25, 0.3) is 5.69 Å². The molecule has 1 fully saturated rings. The van der Waals surface area contributed by atoms with Crippen LogP contribution in [0.5, 0.6) is 0 Å². The van der Waals surface area contributed by atoms with Gasteiger partial charge in [-0.1, -0.05) is 0 Å². The van der Waals surface area contributed by atoms with Gasteiger partial charge in [-0.15, -0.1) is 12.3 Å². The minimum absolute atomic E-state index is 0.0627. The van der Waals surface area contributed by atoms with Crippen LogP contribution < -0.4 is 10.2 Å². The van der Waals surface area contributed by atoms with Crippen molar-refractivity contribution < 1.29 is 19.6 Å². The predicted molar refractivity (Wildman–Crippen MR) is 113 cm³/mol. The van der Waals surface area contributed by atoms with E-state index in [1.807, 2.05) is 11.0 Å². The van der Waals surface area contributed by atoms with Crippen LogP contribution in [0.25, 0.3) is 0 Å². The molecule has 0 unspecified atom stereocenters. The Morgan fingerprint density at radius 2 is 2.16 bits per heavy atom. The summed E-state index contributed by atoms with van der Waals surface area (Å²) in [6, 6.07) is 4.73. The number of anilines is 1. The Morgan fingerprint density at radius 3 is 2.68 bits per heavy atom. The number of terminal acetylenes is 1. The van der Waals surface area contributed by atoms with Crippen LogP contribution in [0, 0.1) is 33.8 Å². The van der Waals surface area contributed by atoms with Gasteiger partial charge in [0.1, 0.15) is 12.1 Å². The zero-order valence-corrected chi connectivity index (χ0v) is 17.7. The molecule has 10 heteroatoms. The second kappa shape index (κ2) is 9.35. The first-order valence-electron chi connectivity index (χ1n) is 9.69. The van der Waals surface area contributed by atoms with E-state index in [9.17, 15) is 30.1 Å². The number of non-ortho nitro benzene ring substituents is 1. The molecule has 0 spiro atoms. The number of carboxylic acid groups (broad SMARTS) is 1. The molecule has 1 aromatic carbocycles. The Bertz CT molecular complexity index is 956. The summed E-state index contributed by atoms with van der Waals surface area (Å²) in [6.07, 6.45) is 4.65. The van der Waals surface area contributed by atoms with E-state index in [1.54, 1.807) is 20.8 Å². The number of benzene rings is 1. The summed E-state index contributed by atoms with van der Waals surface area (Å²) in [5.74, 6) is 1.90. The number of nitrogens with one attached hydrogen (secondary N) is 1. The minimum atomic E-state index is -1.24. The summed E-state index contributed by atoms with van der Waals surface area (Å²) in [6.45, 7) is 5.97. The summed E-state index contributed by atoms with van der Waals surface area (Å²) in [5.41, 5.74) is -0.271. The number of carbonyl (C=O) groups excluding carboxylic acids is 1. The molecular weight excluding hydrogens is 402 g/mol.